The third-order valence-electron chi connectivity index (χ3n) is 3.36. The van der Waals surface area contributed by atoms with Gasteiger partial charge in [0.1, 0.15) is 0 Å². The van der Waals surface area contributed by atoms with Gasteiger partial charge in [-0.2, -0.15) is 0 Å². The Morgan fingerprint density at radius 3 is 2.80 bits per heavy atom. The van der Waals surface area contributed by atoms with Crippen LogP contribution < -0.4 is 0 Å². The van der Waals surface area contributed by atoms with E-state index in [-0.39, 0.29) is 0 Å². The van der Waals surface area contributed by atoms with Crippen LogP contribution in [0.1, 0.15) is 19.3 Å². The minimum absolute atomic E-state index is 0.324. The number of carboxylic acid groups (broad SMARTS) is 1. The third kappa shape index (κ3) is 3.18. The highest BCUT2D eigenvalue weighted by Gasteiger charge is 2.27. The molecule has 1 unspecified atom stereocenters. The zero-order valence-corrected chi connectivity index (χ0v) is 9.02. The van der Waals surface area contributed by atoms with Gasteiger partial charge in [-0.3, -0.25) is 4.79 Å². The van der Waals surface area contributed by atoms with Gasteiger partial charge in [-0.15, -0.1) is 0 Å². The van der Waals surface area contributed by atoms with E-state index in [2.05, 4.69) is 4.90 Å². The maximum Gasteiger partial charge on any atom is 0.303 e. The predicted molar refractivity (Wildman–Crippen MR) is 55.7 cm³/mol. The number of aliphatic carboxylic acids is 1. The van der Waals surface area contributed by atoms with Gasteiger partial charge < -0.3 is 14.7 Å². The van der Waals surface area contributed by atoms with E-state index in [1.54, 1.807) is 0 Å². The van der Waals surface area contributed by atoms with Crippen LogP contribution in [0.15, 0.2) is 0 Å². The molecule has 0 bridgehead atoms. The van der Waals surface area contributed by atoms with Crippen LogP contribution in [0.25, 0.3) is 0 Å². The molecule has 0 aromatic carbocycles. The summed E-state index contributed by atoms with van der Waals surface area (Å²) >= 11 is 0. The fraction of sp³-hybridized carbons (Fsp3) is 0.909. The molecule has 4 heteroatoms. The summed E-state index contributed by atoms with van der Waals surface area (Å²) in [6, 6.07) is 0. The SMILES string of the molecule is O=C(O)CCC1CCN(CC2COC2)C1. The van der Waals surface area contributed by atoms with E-state index < -0.39 is 5.97 Å². The highest BCUT2D eigenvalue weighted by Crippen LogP contribution is 2.23. The summed E-state index contributed by atoms with van der Waals surface area (Å²) in [4.78, 5) is 12.9. The average molecular weight is 213 g/mol. The second kappa shape index (κ2) is 4.94. The quantitative estimate of drug-likeness (QED) is 0.734. The van der Waals surface area contributed by atoms with Crippen molar-refractivity contribution in [1.82, 2.24) is 4.90 Å². The van der Waals surface area contributed by atoms with Crippen molar-refractivity contribution in [3.63, 3.8) is 0 Å². The summed E-state index contributed by atoms with van der Waals surface area (Å²) in [6.07, 6.45) is 2.33. The van der Waals surface area contributed by atoms with Crippen LogP contribution in [-0.2, 0) is 9.53 Å². The second-order valence-electron chi connectivity index (χ2n) is 4.75. The van der Waals surface area contributed by atoms with E-state index in [0.717, 1.165) is 45.2 Å². The smallest absolute Gasteiger partial charge is 0.303 e. The summed E-state index contributed by atoms with van der Waals surface area (Å²) in [7, 11) is 0. The van der Waals surface area contributed by atoms with Crippen LogP contribution in [-0.4, -0.2) is 48.8 Å². The maximum absolute atomic E-state index is 10.4. The van der Waals surface area contributed by atoms with Gasteiger partial charge in [-0.05, 0) is 25.3 Å². The molecule has 2 aliphatic heterocycles. The van der Waals surface area contributed by atoms with Gasteiger partial charge in [0.2, 0.25) is 0 Å². The van der Waals surface area contributed by atoms with Crippen molar-refractivity contribution >= 4 is 5.97 Å². The summed E-state index contributed by atoms with van der Waals surface area (Å²) in [6.45, 7) is 5.20. The molecule has 0 spiro atoms. The minimum atomic E-state index is -0.666. The molecule has 0 aromatic heterocycles. The first-order chi connectivity index (χ1) is 7.24. The van der Waals surface area contributed by atoms with Gasteiger partial charge in [0.25, 0.3) is 0 Å². The van der Waals surface area contributed by atoms with E-state index in [1.165, 1.54) is 6.42 Å². The van der Waals surface area contributed by atoms with Crippen molar-refractivity contribution in [1.29, 1.82) is 0 Å². The number of rotatable bonds is 5. The highest BCUT2D eigenvalue weighted by molar-refractivity contribution is 5.66. The summed E-state index contributed by atoms with van der Waals surface area (Å²) in [5.41, 5.74) is 0. The Morgan fingerprint density at radius 2 is 2.20 bits per heavy atom. The number of nitrogens with zero attached hydrogens (tertiary/aromatic N) is 1. The lowest BCUT2D eigenvalue weighted by Gasteiger charge is -2.30. The number of carboxylic acids is 1. The van der Waals surface area contributed by atoms with E-state index in [0.29, 0.717) is 12.3 Å². The molecular formula is C11H19NO3. The topological polar surface area (TPSA) is 49.8 Å². The van der Waals surface area contributed by atoms with Gasteiger partial charge in [-0.25, -0.2) is 0 Å². The van der Waals surface area contributed by atoms with Crippen molar-refractivity contribution in [3.8, 4) is 0 Å². The molecule has 0 amide bonds. The summed E-state index contributed by atoms with van der Waals surface area (Å²) < 4.78 is 5.15. The molecular weight excluding hydrogens is 194 g/mol. The van der Waals surface area contributed by atoms with Crippen LogP contribution >= 0.6 is 0 Å². The number of likely N-dealkylation sites (tertiary alicyclic amines) is 1. The molecule has 86 valence electrons. The average Bonchev–Trinajstić information content (AvgIpc) is 2.56. The Hall–Kier alpha value is -0.610. The summed E-state index contributed by atoms with van der Waals surface area (Å²) in [5, 5.41) is 8.60. The molecule has 0 aliphatic carbocycles. The van der Waals surface area contributed by atoms with Crippen LogP contribution in [0.2, 0.25) is 0 Å². The monoisotopic (exact) mass is 213 g/mol. The summed E-state index contributed by atoms with van der Waals surface area (Å²) in [5.74, 6) is 0.658. The van der Waals surface area contributed by atoms with Gasteiger partial charge in [0, 0.05) is 25.4 Å². The van der Waals surface area contributed by atoms with Crippen LogP contribution in [0, 0.1) is 11.8 Å². The van der Waals surface area contributed by atoms with Gasteiger partial charge in [-0.1, -0.05) is 0 Å². The van der Waals surface area contributed by atoms with Crippen LogP contribution in [0.4, 0.5) is 0 Å². The van der Waals surface area contributed by atoms with E-state index in [9.17, 15) is 4.79 Å². The van der Waals surface area contributed by atoms with Crippen LogP contribution in [0.5, 0.6) is 0 Å². The Balaban J connectivity index is 1.62. The molecule has 1 N–H and O–H groups in total. The predicted octanol–water partition coefficient (Wildman–Crippen LogP) is 0.820. The maximum atomic E-state index is 10.4. The molecule has 2 fully saturated rings. The molecule has 1 atom stereocenters. The van der Waals surface area contributed by atoms with Crippen molar-refractivity contribution in [3.05, 3.63) is 0 Å². The van der Waals surface area contributed by atoms with E-state index in [4.69, 9.17) is 9.84 Å². The molecule has 2 aliphatic rings. The Labute approximate surface area is 90.2 Å². The van der Waals surface area contributed by atoms with Crippen molar-refractivity contribution in [2.45, 2.75) is 19.3 Å². The first-order valence-corrected chi connectivity index (χ1v) is 5.76. The number of hydrogen-bond donors (Lipinski definition) is 1. The van der Waals surface area contributed by atoms with Crippen LogP contribution in [0.3, 0.4) is 0 Å². The van der Waals surface area contributed by atoms with Gasteiger partial charge >= 0.3 is 5.97 Å². The molecule has 0 saturated carbocycles. The second-order valence-corrected chi connectivity index (χ2v) is 4.75. The third-order valence-corrected chi connectivity index (χ3v) is 3.36. The van der Waals surface area contributed by atoms with Gasteiger partial charge in [0.05, 0.1) is 13.2 Å². The standard InChI is InChI=1S/C11H19NO3/c13-11(14)2-1-9-3-4-12(5-9)6-10-7-15-8-10/h9-10H,1-8H2,(H,13,14). The fourth-order valence-electron chi connectivity index (χ4n) is 2.40. The van der Waals surface area contributed by atoms with Crippen molar-refractivity contribution in [2.24, 2.45) is 11.8 Å². The molecule has 0 aromatic rings. The van der Waals surface area contributed by atoms with Crippen molar-refractivity contribution < 1.29 is 14.6 Å². The molecule has 0 radical (unpaired) electrons. The zero-order valence-electron chi connectivity index (χ0n) is 9.02. The van der Waals surface area contributed by atoms with E-state index >= 15 is 0 Å². The lowest BCUT2D eigenvalue weighted by molar-refractivity contribution is -0.137. The number of hydrogen-bond acceptors (Lipinski definition) is 3. The molecule has 15 heavy (non-hydrogen) atoms. The first-order valence-electron chi connectivity index (χ1n) is 5.76. The van der Waals surface area contributed by atoms with Crippen molar-refractivity contribution in [2.75, 3.05) is 32.8 Å². The Bertz CT molecular complexity index is 228. The van der Waals surface area contributed by atoms with Gasteiger partial charge in [0.15, 0.2) is 0 Å². The highest BCUT2D eigenvalue weighted by atomic mass is 16.5. The molecule has 2 saturated heterocycles. The minimum Gasteiger partial charge on any atom is -0.481 e. The normalized spacial score (nSPS) is 27.9. The Morgan fingerprint density at radius 1 is 1.40 bits per heavy atom. The largest absolute Gasteiger partial charge is 0.481 e. The molecule has 2 heterocycles. The fourth-order valence-corrected chi connectivity index (χ4v) is 2.40. The Kier molecular flexibility index (Phi) is 3.59. The lowest BCUT2D eigenvalue weighted by Crippen LogP contribution is -2.38. The lowest BCUT2D eigenvalue weighted by atomic mass is 10.0. The number of ether oxygens (including phenoxy) is 1. The number of carbonyl (C=O) groups is 1. The molecule has 4 nitrogen and oxygen atoms in total. The first kappa shape index (κ1) is 10.9. The molecule has 2 rings (SSSR count). The van der Waals surface area contributed by atoms with E-state index in [1.807, 2.05) is 0 Å². The zero-order chi connectivity index (χ0) is 10.7.